The molecule has 0 fully saturated rings. The lowest BCUT2D eigenvalue weighted by atomic mass is 10.0. The molecule has 0 aliphatic heterocycles. The molecule has 1 amide bonds. The van der Waals surface area contributed by atoms with Crippen LogP contribution in [0.4, 0.5) is 13.2 Å². The molecule has 1 aromatic heterocycles. The number of nitrogens with two attached hydrogens (primary N) is 1. The fraction of sp³-hybridized carbons (Fsp3) is 0.571. The highest BCUT2D eigenvalue weighted by atomic mass is 79.9. The Morgan fingerprint density at radius 1 is 1.48 bits per heavy atom. The summed E-state index contributed by atoms with van der Waals surface area (Å²) in [7, 11) is 0. The zero-order chi connectivity index (χ0) is 17.8. The molecule has 0 spiro atoms. The van der Waals surface area contributed by atoms with Crippen LogP contribution in [0, 0.1) is 17.2 Å². The van der Waals surface area contributed by atoms with Gasteiger partial charge in [0.1, 0.15) is 6.54 Å². The first-order valence-corrected chi connectivity index (χ1v) is 8.43. The van der Waals surface area contributed by atoms with Crippen molar-refractivity contribution < 1.29 is 18.0 Å². The summed E-state index contributed by atoms with van der Waals surface area (Å²) in [4.78, 5) is 12.8. The Morgan fingerprint density at radius 2 is 2.09 bits per heavy atom. The second-order valence-corrected chi connectivity index (χ2v) is 7.94. The van der Waals surface area contributed by atoms with Gasteiger partial charge in [-0.15, -0.1) is 11.3 Å². The Balaban J connectivity index is 3.21. The molecule has 0 saturated heterocycles. The molecule has 1 rings (SSSR count). The van der Waals surface area contributed by atoms with Gasteiger partial charge in [0.25, 0.3) is 0 Å². The number of nitriles is 1. The Labute approximate surface area is 145 Å². The standard InChI is InChI=1S/C14H17BrF3N3OS/c1-8(2)7-9(20)13(22)21(6-5-19)12(14(16,17)18)10-3-4-11(15)23-10/h3-4,8-9,12H,6-7,20H2,1-2H3/t9-,12?/m0/s1. The molecule has 2 atom stereocenters. The van der Waals surface area contributed by atoms with Crippen LogP contribution >= 0.6 is 27.3 Å². The summed E-state index contributed by atoms with van der Waals surface area (Å²) in [6.07, 6.45) is -4.45. The molecule has 0 aliphatic carbocycles. The zero-order valence-corrected chi connectivity index (χ0v) is 15.0. The van der Waals surface area contributed by atoms with Gasteiger partial charge in [0.15, 0.2) is 6.04 Å². The highest BCUT2D eigenvalue weighted by Gasteiger charge is 2.48. The molecular formula is C14H17BrF3N3OS. The van der Waals surface area contributed by atoms with E-state index >= 15 is 0 Å². The van der Waals surface area contributed by atoms with E-state index in [4.69, 9.17) is 11.0 Å². The van der Waals surface area contributed by atoms with E-state index in [2.05, 4.69) is 15.9 Å². The summed E-state index contributed by atoms with van der Waals surface area (Å²) in [6.45, 7) is 2.96. The first kappa shape index (κ1) is 19.9. The molecular weight excluding hydrogens is 395 g/mol. The van der Waals surface area contributed by atoms with Crippen molar-refractivity contribution in [2.75, 3.05) is 6.54 Å². The lowest BCUT2D eigenvalue weighted by molar-refractivity contribution is -0.190. The van der Waals surface area contributed by atoms with Gasteiger partial charge < -0.3 is 10.6 Å². The summed E-state index contributed by atoms with van der Waals surface area (Å²) in [5, 5.41) is 8.86. The van der Waals surface area contributed by atoms with E-state index in [-0.39, 0.29) is 17.2 Å². The third-order valence-electron chi connectivity index (χ3n) is 3.05. The van der Waals surface area contributed by atoms with Crippen LogP contribution in [0.25, 0.3) is 0 Å². The van der Waals surface area contributed by atoms with Crippen molar-refractivity contribution >= 4 is 33.2 Å². The number of carbonyl (C=O) groups excluding carboxylic acids is 1. The summed E-state index contributed by atoms with van der Waals surface area (Å²) in [5.74, 6) is -0.815. The van der Waals surface area contributed by atoms with Crippen molar-refractivity contribution in [2.45, 2.75) is 38.5 Å². The SMILES string of the molecule is CC(C)C[C@H](N)C(=O)N(CC#N)C(c1ccc(Br)s1)C(F)(F)F. The summed E-state index contributed by atoms with van der Waals surface area (Å²) < 4.78 is 41.1. The molecule has 2 N–H and O–H groups in total. The number of nitrogens with zero attached hydrogens (tertiary/aromatic N) is 2. The minimum absolute atomic E-state index is 0.0538. The van der Waals surface area contributed by atoms with Crippen LogP contribution in [-0.2, 0) is 4.79 Å². The second-order valence-electron chi connectivity index (χ2n) is 5.45. The highest BCUT2D eigenvalue weighted by Crippen LogP contribution is 2.41. The summed E-state index contributed by atoms with van der Waals surface area (Å²) in [6, 6.07) is 1.14. The first-order valence-electron chi connectivity index (χ1n) is 6.82. The van der Waals surface area contributed by atoms with Crippen molar-refractivity contribution in [1.29, 1.82) is 5.26 Å². The van der Waals surface area contributed by atoms with E-state index in [0.29, 0.717) is 8.69 Å². The third kappa shape index (κ3) is 5.48. The monoisotopic (exact) mass is 411 g/mol. The first-order chi connectivity index (χ1) is 10.6. The van der Waals surface area contributed by atoms with Crippen LogP contribution < -0.4 is 5.73 Å². The number of thiophene rings is 1. The van der Waals surface area contributed by atoms with E-state index < -0.39 is 30.7 Å². The van der Waals surface area contributed by atoms with E-state index in [1.807, 2.05) is 13.8 Å². The van der Waals surface area contributed by atoms with Gasteiger partial charge in [-0.25, -0.2) is 0 Å². The van der Waals surface area contributed by atoms with Crippen LogP contribution in [0.2, 0.25) is 0 Å². The fourth-order valence-electron chi connectivity index (χ4n) is 2.16. The third-order valence-corrected chi connectivity index (χ3v) is 4.73. The van der Waals surface area contributed by atoms with Gasteiger partial charge in [-0.2, -0.15) is 18.4 Å². The van der Waals surface area contributed by atoms with Crippen LogP contribution in [0.5, 0.6) is 0 Å². The van der Waals surface area contributed by atoms with Crippen LogP contribution in [-0.4, -0.2) is 29.6 Å². The average Bonchev–Trinajstić information content (AvgIpc) is 2.81. The molecule has 0 saturated carbocycles. The largest absolute Gasteiger partial charge is 0.413 e. The molecule has 4 nitrogen and oxygen atoms in total. The maximum atomic E-state index is 13.5. The van der Waals surface area contributed by atoms with Crippen molar-refractivity contribution in [1.82, 2.24) is 4.90 Å². The van der Waals surface area contributed by atoms with Gasteiger partial charge in [0.2, 0.25) is 5.91 Å². The number of rotatable bonds is 6. The van der Waals surface area contributed by atoms with Crippen LogP contribution in [0.3, 0.4) is 0 Å². The molecule has 23 heavy (non-hydrogen) atoms. The Morgan fingerprint density at radius 3 is 2.48 bits per heavy atom. The average molecular weight is 412 g/mol. The predicted octanol–water partition coefficient (Wildman–Crippen LogP) is 3.84. The summed E-state index contributed by atoms with van der Waals surface area (Å²) >= 11 is 3.98. The maximum Gasteiger partial charge on any atom is 0.413 e. The van der Waals surface area contributed by atoms with Gasteiger partial charge in [-0.1, -0.05) is 13.8 Å². The number of amides is 1. The van der Waals surface area contributed by atoms with Crippen molar-refractivity contribution in [3.8, 4) is 6.07 Å². The number of hydrogen-bond acceptors (Lipinski definition) is 4. The van der Waals surface area contributed by atoms with Crippen LogP contribution in [0.1, 0.15) is 31.2 Å². The number of alkyl halides is 3. The lowest BCUT2D eigenvalue weighted by Gasteiger charge is -2.32. The second kappa shape index (κ2) is 8.13. The smallest absolute Gasteiger partial charge is 0.320 e. The van der Waals surface area contributed by atoms with E-state index in [1.54, 1.807) is 6.07 Å². The van der Waals surface area contributed by atoms with E-state index in [9.17, 15) is 18.0 Å². The minimum Gasteiger partial charge on any atom is -0.320 e. The van der Waals surface area contributed by atoms with Crippen molar-refractivity contribution in [3.05, 3.63) is 20.8 Å². The predicted molar refractivity (Wildman–Crippen MR) is 85.6 cm³/mol. The molecule has 9 heteroatoms. The van der Waals surface area contributed by atoms with E-state index in [1.165, 1.54) is 12.1 Å². The fourth-order valence-corrected chi connectivity index (χ4v) is 3.72. The Kier molecular flexibility index (Phi) is 7.04. The van der Waals surface area contributed by atoms with Gasteiger partial charge in [-0.05, 0) is 40.4 Å². The normalized spacial score (nSPS) is 14.4. The molecule has 128 valence electrons. The van der Waals surface area contributed by atoms with Gasteiger partial charge in [-0.3, -0.25) is 4.79 Å². The molecule has 1 heterocycles. The molecule has 1 aromatic rings. The molecule has 0 radical (unpaired) electrons. The molecule has 0 aliphatic rings. The van der Waals surface area contributed by atoms with Gasteiger partial charge >= 0.3 is 6.18 Å². The van der Waals surface area contributed by atoms with Crippen molar-refractivity contribution in [2.24, 2.45) is 11.7 Å². The van der Waals surface area contributed by atoms with E-state index in [0.717, 1.165) is 11.3 Å². The zero-order valence-electron chi connectivity index (χ0n) is 12.6. The molecule has 1 unspecified atom stereocenters. The van der Waals surface area contributed by atoms with Crippen molar-refractivity contribution in [3.63, 3.8) is 0 Å². The lowest BCUT2D eigenvalue weighted by Crippen LogP contribution is -2.49. The molecule has 0 bridgehead atoms. The number of carbonyl (C=O) groups is 1. The van der Waals surface area contributed by atoms with Gasteiger partial charge in [0.05, 0.1) is 15.9 Å². The van der Waals surface area contributed by atoms with Crippen LogP contribution in [0.15, 0.2) is 15.9 Å². The molecule has 0 aromatic carbocycles. The number of hydrogen-bond donors (Lipinski definition) is 1. The quantitative estimate of drug-likeness (QED) is 0.722. The van der Waals surface area contributed by atoms with Gasteiger partial charge in [0, 0.05) is 4.88 Å². The Bertz CT molecular complexity index is 583. The summed E-state index contributed by atoms with van der Waals surface area (Å²) in [5.41, 5.74) is 5.74. The minimum atomic E-state index is -4.70. The maximum absolute atomic E-state index is 13.5. The highest BCUT2D eigenvalue weighted by molar-refractivity contribution is 9.11. The Hall–Kier alpha value is -1.11. The number of halogens is 4. The topological polar surface area (TPSA) is 70.1 Å².